The van der Waals surface area contributed by atoms with E-state index in [9.17, 15) is 0 Å². The minimum absolute atomic E-state index is 0.893. The summed E-state index contributed by atoms with van der Waals surface area (Å²) in [5.74, 6) is 0. The first-order valence-electron chi connectivity index (χ1n) is 3.97. The van der Waals surface area contributed by atoms with E-state index in [2.05, 4.69) is 16.4 Å². The molecule has 0 N–H and O–H groups in total. The molecule has 3 heteroatoms. The number of nitrogens with zero attached hydrogens (tertiary/aromatic N) is 1. The van der Waals surface area contributed by atoms with Crippen molar-refractivity contribution in [3.8, 4) is 0 Å². The quantitative estimate of drug-likeness (QED) is 0.591. The Kier molecular flexibility index (Phi) is 2.51. The van der Waals surface area contributed by atoms with Crippen LogP contribution in [0, 0.1) is 5.37 Å². The van der Waals surface area contributed by atoms with E-state index in [0.717, 1.165) is 32.7 Å². The second-order valence-corrected chi connectivity index (χ2v) is 3.67. The summed E-state index contributed by atoms with van der Waals surface area (Å²) in [5.41, 5.74) is 0. The molecule has 2 nitrogen and oxygen atoms in total. The Balaban J connectivity index is 1.83. The van der Waals surface area contributed by atoms with E-state index >= 15 is 0 Å². The van der Waals surface area contributed by atoms with Gasteiger partial charge in [0, 0.05) is 13.1 Å². The third-order valence-corrected chi connectivity index (χ3v) is 2.98. The summed E-state index contributed by atoms with van der Waals surface area (Å²) >= 11 is 1.86. The van der Waals surface area contributed by atoms with Crippen LogP contribution >= 0.6 is 11.8 Å². The van der Waals surface area contributed by atoms with Gasteiger partial charge in [0.25, 0.3) is 0 Å². The molecule has 1 radical (unpaired) electrons. The Morgan fingerprint density at radius 2 is 2.18 bits per heavy atom. The second-order valence-electron chi connectivity index (χ2n) is 2.69. The Labute approximate surface area is 71.6 Å². The average molecular weight is 170 g/mol. The van der Waals surface area contributed by atoms with Crippen LogP contribution < -0.4 is 0 Å². The van der Waals surface area contributed by atoms with Crippen LogP contribution in [0.1, 0.15) is 6.42 Å². The van der Waals surface area contributed by atoms with Crippen molar-refractivity contribution in [3.63, 3.8) is 0 Å². The molecule has 0 spiro atoms. The maximum atomic E-state index is 5.27. The van der Waals surface area contributed by atoms with Crippen LogP contribution in [-0.4, -0.2) is 31.2 Å². The van der Waals surface area contributed by atoms with E-state index in [1.807, 2.05) is 11.8 Å². The van der Waals surface area contributed by atoms with Crippen molar-refractivity contribution >= 4 is 11.8 Å². The van der Waals surface area contributed by atoms with Gasteiger partial charge in [-0.25, -0.2) is 0 Å². The molecule has 0 saturated carbocycles. The molecule has 11 heavy (non-hydrogen) atoms. The first kappa shape index (κ1) is 7.65. The summed E-state index contributed by atoms with van der Waals surface area (Å²) in [4.78, 5) is 2.42. The van der Waals surface area contributed by atoms with Crippen molar-refractivity contribution in [2.24, 2.45) is 0 Å². The van der Waals surface area contributed by atoms with Gasteiger partial charge in [-0.05, 0) is 11.8 Å². The topological polar surface area (TPSA) is 12.5 Å². The zero-order chi connectivity index (χ0) is 7.52. The van der Waals surface area contributed by atoms with Crippen LogP contribution in [0.5, 0.6) is 0 Å². The first-order chi connectivity index (χ1) is 5.47. The molecule has 2 rings (SSSR count). The smallest absolute Gasteiger partial charge is 0.103 e. The van der Waals surface area contributed by atoms with Gasteiger partial charge in [0.05, 0.1) is 13.2 Å². The van der Waals surface area contributed by atoms with E-state index < -0.39 is 0 Å². The molecule has 0 atom stereocenters. The van der Waals surface area contributed by atoms with Gasteiger partial charge in [-0.2, -0.15) is 0 Å². The summed E-state index contributed by atoms with van der Waals surface area (Å²) in [6.07, 6.45) is 3.35. The molecule has 1 fully saturated rings. The Bertz CT molecular complexity index is 146. The fourth-order valence-corrected chi connectivity index (χ4v) is 2.21. The van der Waals surface area contributed by atoms with Gasteiger partial charge in [-0.3, -0.25) is 4.90 Å². The Morgan fingerprint density at radius 3 is 2.82 bits per heavy atom. The lowest BCUT2D eigenvalue weighted by Gasteiger charge is -2.30. The van der Waals surface area contributed by atoms with Crippen LogP contribution in [-0.2, 0) is 4.74 Å². The predicted octanol–water partition coefficient (Wildman–Crippen LogP) is 1.46. The Morgan fingerprint density at radius 1 is 1.36 bits per heavy atom. The van der Waals surface area contributed by atoms with Crippen molar-refractivity contribution in [1.82, 2.24) is 4.90 Å². The van der Waals surface area contributed by atoms with Crippen LogP contribution in [0.4, 0.5) is 0 Å². The summed E-state index contributed by atoms with van der Waals surface area (Å²) in [6.45, 7) is 3.93. The molecular formula is C8H12NOS. The van der Waals surface area contributed by atoms with Gasteiger partial charge in [0.2, 0.25) is 0 Å². The second kappa shape index (κ2) is 3.61. The molecule has 0 amide bonds. The van der Waals surface area contributed by atoms with Crippen molar-refractivity contribution in [1.29, 1.82) is 0 Å². The third-order valence-electron chi connectivity index (χ3n) is 1.96. The maximum absolute atomic E-state index is 5.27. The predicted molar refractivity (Wildman–Crippen MR) is 47.0 cm³/mol. The molecule has 2 heterocycles. The van der Waals surface area contributed by atoms with Crippen molar-refractivity contribution in [2.45, 2.75) is 6.42 Å². The molecule has 0 aromatic carbocycles. The highest BCUT2D eigenvalue weighted by molar-refractivity contribution is 8.05. The normalized spacial score (nSPS) is 28.0. The highest BCUT2D eigenvalue weighted by Crippen LogP contribution is 2.34. The molecule has 0 aromatic rings. The van der Waals surface area contributed by atoms with E-state index in [1.54, 1.807) is 0 Å². The lowest BCUT2D eigenvalue weighted by Crippen LogP contribution is -2.37. The molecule has 61 valence electrons. The number of rotatable bonds is 1. The lowest BCUT2D eigenvalue weighted by molar-refractivity contribution is 0.0482. The van der Waals surface area contributed by atoms with Gasteiger partial charge in [0.15, 0.2) is 0 Å². The fraction of sp³-hybridized carbons (Fsp3) is 0.625. The summed E-state index contributed by atoms with van der Waals surface area (Å²) in [6, 6.07) is 0. The lowest BCUT2D eigenvalue weighted by atomic mass is 10.3. The molecular weight excluding hydrogens is 158 g/mol. The van der Waals surface area contributed by atoms with E-state index in [-0.39, 0.29) is 0 Å². The summed E-state index contributed by atoms with van der Waals surface area (Å²) in [5, 5.41) is 3.67. The van der Waals surface area contributed by atoms with Crippen LogP contribution in [0.3, 0.4) is 0 Å². The fourth-order valence-electron chi connectivity index (χ4n) is 1.34. The van der Waals surface area contributed by atoms with E-state index in [0.29, 0.717) is 0 Å². The van der Waals surface area contributed by atoms with Crippen molar-refractivity contribution < 1.29 is 4.74 Å². The number of ether oxygens (including phenoxy) is 1. The highest BCUT2D eigenvalue weighted by atomic mass is 32.2. The molecule has 0 aromatic heterocycles. The van der Waals surface area contributed by atoms with Gasteiger partial charge in [-0.1, -0.05) is 6.08 Å². The van der Waals surface area contributed by atoms with Crippen LogP contribution in [0.25, 0.3) is 0 Å². The number of hydrogen-bond donors (Lipinski definition) is 0. The van der Waals surface area contributed by atoms with Gasteiger partial charge in [0.1, 0.15) is 5.37 Å². The zero-order valence-corrected chi connectivity index (χ0v) is 7.27. The molecule has 0 aliphatic carbocycles. The summed E-state index contributed by atoms with van der Waals surface area (Å²) in [7, 11) is 0. The van der Waals surface area contributed by atoms with Gasteiger partial charge in [-0.15, -0.1) is 11.8 Å². The third kappa shape index (κ3) is 1.78. The highest BCUT2D eigenvalue weighted by Gasteiger charge is 2.22. The molecule has 0 unspecified atom stereocenters. The molecule has 2 aliphatic heterocycles. The van der Waals surface area contributed by atoms with Gasteiger partial charge >= 0.3 is 0 Å². The maximum Gasteiger partial charge on any atom is 0.103 e. The number of morpholine rings is 1. The minimum atomic E-state index is 0.893. The molecule has 1 saturated heterocycles. The SMILES string of the molecule is C1=CS[C](N2CCOCC2)C1. The van der Waals surface area contributed by atoms with Crippen molar-refractivity contribution in [3.05, 3.63) is 16.9 Å². The Hall–Kier alpha value is 0.01000. The van der Waals surface area contributed by atoms with Crippen LogP contribution in [0.15, 0.2) is 11.5 Å². The van der Waals surface area contributed by atoms with E-state index in [4.69, 9.17) is 4.74 Å². The standard InChI is InChI=1S/C8H12NOS/c1-2-8(11-7-1)9-3-5-10-6-4-9/h1,7H,2-6H2. The first-order valence-corrected chi connectivity index (χ1v) is 4.85. The monoisotopic (exact) mass is 170 g/mol. The zero-order valence-electron chi connectivity index (χ0n) is 6.45. The van der Waals surface area contributed by atoms with Gasteiger partial charge < -0.3 is 4.74 Å². The molecule has 2 aliphatic rings. The van der Waals surface area contributed by atoms with Crippen LogP contribution in [0.2, 0.25) is 0 Å². The number of thioether (sulfide) groups is 1. The summed E-state index contributed by atoms with van der Waals surface area (Å²) < 4.78 is 5.27. The number of hydrogen-bond acceptors (Lipinski definition) is 3. The average Bonchev–Trinajstić information content (AvgIpc) is 2.58. The molecule has 0 bridgehead atoms. The minimum Gasteiger partial charge on any atom is -0.379 e. The van der Waals surface area contributed by atoms with Crippen molar-refractivity contribution in [2.75, 3.05) is 26.3 Å². The largest absolute Gasteiger partial charge is 0.379 e. The van der Waals surface area contributed by atoms with E-state index in [1.165, 1.54) is 5.37 Å².